The van der Waals surface area contributed by atoms with E-state index in [2.05, 4.69) is 15.0 Å². The van der Waals surface area contributed by atoms with E-state index in [1.807, 2.05) is 0 Å². The Balaban J connectivity index is 1.39. The molecule has 0 aromatic carbocycles. The molecule has 0 amide bonds. The molecule has 0 atom stereocenters. The summed E-state index contributed by atoms with van der Waals surface area (Å²) in [4.78, 5) is 6.42. The molecule has 2 fully saturated rings. The van der Waals surface area contributed by atoms with Crippen LogP contribution in [0.5, 0.6) is 0 Å². The van der Waals surface area contributed by atoms with Gasteiger partial charge in [-0.3, -0.25) is 4.90 Å². The maximum atomic E-state index is 10.2. The summed E-state index contributed by atoms with van der Waals surface area (Å²) < 4.78 is 10.3. The molecule has 3 heterocycles. The van der Waals surface area contributed by atoms with Crippen molar-refractivity contribution >= 4 is 0 Å². The Morgan fingerprint density at radius 2 is 2.26 bits per heavy atom. The van der Waals surface area contributed by atoms with Crippen molar-refractivity contribution in [2.45, 2.75) is 25.0 Å². The maximum absolute atomic E-state index is 10.2. The summed E-state index contributed by atoms with van der Waals surface area (Å²) >= 11 is 0. The van der Waals surface area contributed by atoms with E-state index in [-0.39, 0.29) is 0 Å². The van der Waals surface area contributed by atoms with E-state index < -0.39 is 5.60 Å². The molecule has 100 valence electrons. The molecule has 0 unspecified atom stereocenters. The van der Waals surface area contributed by atoms with Crippen LogP contribution in [0.1, 0.15) is 18.7 Å². The van der Waals surface area contributed by atoms with Crippen LogP contribution >= 0.6 is 0 Å². The molecule has 19 heavy (non-hydrogen) atoms. The fourth-order valence-corrected chi connectivity index (χ4v) is 2.74. The number of hydrogen-bond donors (Lipinski definition) is 1. The van der Waals surface area contributed by atoms with E-state index >= 15 is 0 Å². The van der Waals surface area contributed by atoms with Crippen molar-refractivity contribution in [3.63, 3.8) is 0 Å². The molecule has 1 aliphatic carbocycles. The topological polar surface area (TPSA) is 75.5 Å². The fourth-order valence-electron chi connectivity index (χ4n) is 2.74. The fraction of sp³-hybridized carbons (Fsp3) is 0.538. The molecule has 2 aromatic rings. The van der Waals surface area contributed by atoms with Crippen LogP contribution in [0.15, 0.2) is 27.3 Å². The monoisotopic (exact) mass is 261 g/mol. The minimum atomic E-state index is -0.465. The lowest BCUT2D eigenvalue weighted by atomic mass is 9.89. The number of aromatic nitrogens is 2. The zero-order chi connectivity index (χ0) is 12.9. The summed E-state index contributed by atoms with van der Waals surface area (Å²) in [6.07, 6.45) is 3.90. The number of likely N-dealkylation sites (tertiary alicyclic amines) is 1. The van der Waals surface area contributed by atoms with Gasteiger partial charge in [0.2, 0.25) is 0 Å². The predicted octanol–water partition coefficient (Wildman–Crippen LogP) is 1.29. The van der Waals surface area contributed by atoms with E-state index in [1.165, 1.54) is 0 Å². The third-order valence-corrected chi connectivity index (χ3v) is 3.90. The Bertz CT molecular complexity index is 568. The van der Waals surface area contributed by atoms with Gasteiger partial charge in [0.05, 0.1) is 18.4 Å². The molecule has 6 heteroatoms. The molecule has 2 aromatic heterocycles. The number of rotatable bonds is 4. The number of nitrogens with zero attached hydrogens (tertiary/aromatic N) is 3. The molecule has 6 nitrogen and oxygen atoms in total. The Morgan fingerprint density at radius 3 is 2.95 bits per heavy atom. The minimum absolute atomic E-state index is 0.401. The van der Waals surface area contributed by atoms with Gasteiger partial charge in [0.1, 0.15) is 0 Å². The molecule has 4 rings (SSSR count). The first-order valence-corrected chi connectivity index (χ1v) is 6.54. The minimum Gasteiger partial charge on any atom is -0.459 e. The molecule has 1 saturated carbocycles. The summed E-state index contributed by atoms with van der Waals surface area (Å²) in [5.74, 6) is 2.12. The van der Waals surface area contributed by atoms with Crippen LogP contribution in [0.25, 0.3) is 11.7 Å². The lowest BCUT2D eigenvalue weighted by Crippen LogP contribution is -2.62. The molecule has 0 spiro atoms. The number of hydrogen-bond acceptors (Lipinski definition) is 6. The lowest BCUT2D eigenvalue weighted by Gasteiger charge is -2.46. The van der Waals surface area contributed by atoms with Crippen molar-refractivity contribution in [1.29, 1.82) is 0 Å². The molecule has 2 aliphatic rings. The number of aliphatic hydroxyl groups is 1. The third-order valence-electron chi connectivity index (χ3n) is 3.90. The van der Waals surface area contributed by atoms with E-state index in [4.69, 9.17) is 8.94 Å². The molecular weight excluding hydrogens is 246 g/mol. The Labute approximate surface area is 110 Å². The van der Waals surface area contributed by atoms with E-state index in [0.29, 0.717) is 43.0 Å². The summed E-state index contributed by atoms with van der Waals surface area (Å²) in [5.41, 5.74) is -0.465. The van der Waals surface area contributed by atoms with Gasteiger partial charge < -0.3 is 14.0 Å². The standard InChI is InChI=1S/C13H15N3O3/c17-13(9-3-4-9)7-16(8-13)6-11-14-12(19-15-11)10-2-1-5-18-10/h1-2,5,9,17H,3-4,6-8H2. The highest BCUT2D eigenvalue weighted by molar-refractivity contribution is 5.42. The summed E-state index contributed by atoms with van der Waals surface area (Å²) in [5, 5.41) is 14.2. The van der Waals surface area contributed by atoms with E-state index in [0.717, 1.165) is 12.8 Å². The van der Waals surface area contributed by atoms with Crippen LogP contribution in [-0.2, 0) is 6.54 Å². The molecular formula is C13H15N3O3. The zero-order valence-corrected chi connectivity index (χ0v) is 10.5. The highest BCUT2D eigenvalue weighted by Crippen LogP contribution is 2.44. The van der Waals surface area contributed by atoms with Crippen molar-refractivity contribution in [2.75, 3.05) is 13.1 Å². The Kier molecular flexibility index (Phi) is 2.31. The van der Waals surface area contributed by atoms with Gasteiger partial charge in [0, 0.05) is 13.1 Å². The van der Waals surface area contributed by atoms with Crippen LogP contribution < -0.4 is 0 Å². The number of β-amino-alcohol motifs (C(OH)–C–C–N with tert-alkyl or cyclic N) is 1. The molecule has 0 radical (unpaired) electrons. The van der Waals surface area contributed by atoms with Gasteiger partial charge in [-0.05, 0) is 30.9 Å². The average molecular weight is 261 g/mol. The summed E-state index contributed by atoms with van der Waals surface area (Å²) in [6, 6.07) is 3.57. The SMILES string of the molecule is OC1(C2CC2)CN(Cc2noc(-c3ccco3)n2)C1. The largest absolute Gasteiger partial charge is 0.459 e. The van der Waals surface area contributed by atoms with Crippen molar-refractivity contribution < 1.29 is 14.0 Å². The van der Waals surface area contributed by atoms with Crippen molar-refractivity contribution in [2.24, 2.45) is 5.92 Å². The smallest absolute Gasteiger partial charge is 0.293 e. The first kappa shape index (κ1) is 11.2. The van der Waals surface area contributed by atoms with Crippen LogP contribution in [-0.4, -0.2) is 38.8 Å². The lowest BCUT2D eigenvalue weighted by molar-refractivity contribution is -0.117. The summed E-state index contributed by atoms with van der Waals surface area (Å²) in [6.45, 7) is 2.03. The number of furan rings is 1. The Hall–Kier alpha value is -1.66. The molecule has 0 bridgehead atoms. The van der Waals surface area contributed by atoms with Crippen molar-refractivity contribution in [3.8, 4) is 11.7 Å². The van der Waals surface area contributed by atoms with Crippen LogP contribution in [0, 0.1) is 5.92 Å². The molecule has 1 aliphatic heterocycles. The van der Waals surface area contributed by atoms with Crippen LogP contribution in [0.4, 0.5) is 0 Å². The maximum Gasteiger partial charge on any atom is 0.293 e. The van der Waals surface area contributed by atoms with Gasteiger partial charge in [-0.2, -0.15) is 4.98 Å². The van der Waals surface area contributed by atoms with Gasteiger partial charge in [0.25, 0.3) is 5.89 Å². The van der Waals surface area contributed by atoms with Gasteiger partial charge in [-0.25, -0.2) is 0 Å². The highest BCUT2D eigenvalue weighted by Gasteiger charge is 2.51. The third kappa shape index (κ3) is 1.97. The van der Waals surface area contributed by atoms with Crippen molar-refractivity contribution in [3.05, 3.63) is 24.2 Å². The first-order valence-electron chi connectivity index (χ1n) is 6.54. The van der Waals surface area contributed by atoms with E-state index in [1.54, 1.807) is 18.4 Å². The normalized spacial score (nSPS) is 22.4. The zero-order valence-electron chi connectivity index (χ0n) is 10.5. The second-order valence-electron chi connectivity index (χ2n) is 5.52. The first-order chi connectivity index (χ1) is 9.23. The van der Waals surface area contributed by atoms with Crippen molar-refractivity contribution in [1.82, 2.24) is 15.0 Å². The second kappa shape index (κ2) is 3.91. The van der Waals surface area contributed by atoms with Gasteiger partial charge in [-0.15, -0.1) is 0 Å². The van der Waals surface area contributed by atoms with E-state index in [9.17, 15) is 5.11 Å². The summed E-state index contributed by atoms with van der Waals surface area (Å²) in [7, 11) is 0. The van der Waals surface area contributed by atoms with Gasteiger partial charge in [0.15, 0.2) is 11.6 Å². The van der Waals surface area contributed by atoms with Crippen LogP contribution in [0.2, 0.25) is 0 Å². The second-order valence-corrected chi connectivity index (χ2v) is 5.52. The van der Waals surface area contributed by atoms with Gasteiger partial charge in [-0.1, -0.05) is 5.16 Å². The molecule has 1 N–H and O–H groups in total. The highest BCUT2D eigenvalue weighted by atomic mass is 16.5. The van der Waals surface area contributed by atoms with Gasteiger partial charge >= 0.3 is 0 Å². The van der Waals surface area contributed by atoms with Crippen LogP contribution in [0.3, 0.4) is 0 Å². The average Bonchev–Trinajstić information content (AvgIpc) is 2.89. The predicted molar refractivity (Wildman–Crippen MR) is 65.0 cm³/mol. The quantitative estimate of drug-likeness (QED) is 0.893. The molecule has 1 saturated heterocycles. The Morgan fingerprint density at radius 1 is 1.42 bits per heavy atom.